The van der Waals surface area contributed by atoms with Gasteiger partial charge in [0, 0.05) is 13.5 Å². The first-order valence-electron chi connectivity index (χ1n) is 10.5. The number of rotatable bonds is 9. The largest absolute Gasteiger partial charge is 0.496 e. The van der Waals surface area contributed by atoms with Crippen molar-refractivity contribution in [1.82, 2.24) is 4.90 Å². The van der Waals surface area contributed by atoms with Crippen molar-refractivity contribution in [3.05, 3.63) is 57.6 Å². The SMILES string of the molecule is COCCN1C(=O)C(CC(=O)Nc2ccc(OC)cc2[N+](=O)[O-])SC1=Nc1cc(C)ccc1C. The lowest BCUT2D eigenvalue weighted by Crippen LogP contribution is -2.35. The molecule has 0 bridgehead atoms. The number of nitro benzene ring substituents is 1. The first kappa shape index (κ1) is 25.2. The summed E-state index contributed by atoms with van der Waals surface area (Å²) in [5.74, 6) is -0.475. The van der Waals surface area contributed by atoms with Gasteiger partial charge in [-0.25, -0.2) is 4.99 Å². The fourth-order valence-electron chi connectivity index (χ4n) is 3.32. The third-order valence-electron chi connectivity index (χ3n) is 5.17. The van der Waals surface area contributed by atoms with E-state index in [1.165, 1.54) is 42.0 Å². The van der Waals surface area contributed by atoms with Crippen LogP contribution in [0.2, 0.25) is 0 Å². The topological polar surface area (TPSA) is 123 Å². The van der Waals surface area contributed by atoms with Crippen molar-refractivity contribution in [2.75, 3.05) is 32.7 Å². The molecule has 180 valence electrons. The maximum absolute atomic E-state index is 13.1. The molecule has 1 N–H and O–H groups in total. The molecule has 2 amide bonds. The number of aliphatic imine (C=N–C) groups is 1. The Morgan fingerprint density at radius 1 is 1.24 bits per heavy atom. The van der Waals surface area contributed by atoms with Crippen molar-refractivity contribution in [1.29, 1.82) is 0 Å². The lowest BCUT2D eigenvalue weighted by Gasteiger charge is -2.16. The highest BCUT2D eigenvalue weighted by atomic mass is 32.2. The van der Waals surface area contributed by atoms with Gasteiger partial charge >= 0.3 is 0 Å². The molecule has 0 saturated carbocycles. The lowest BCUT2D eigenvalue weighted by molar-refractivity contribution is -0.384. The Bertz CT molecular complexity index is 1140. The predicted molar refractivity (Wildman–Crippen MR) is 131 cm³/mol. The summed E-state index contributed by atoms with van der Waals surface area (Å²) in [6.07, 6.45) is -0.165. The molecule has 0 aliphatic carbocycles. The Balaban J connectivity index is 1.80. The van der Waals surface area contributed by atoms with E-state index in [0.29, 0.717) is 24.1 Å². The van der Waals surface area contributed by atoms with Gasteiger partial charge in [0.2, 0.25) is 11.8 Å². The minimum Gasteiger partial charge on any atom is -0.496 e. The number of amides is 2. The monoisotopic (exact) mass is 486 g/mol. The van der Waals surface area contributed by atoms with Crippen LogP contribution in [0.4, 0.5) is 17.1 Å². The van der Waals surface area contributed by atoms with E-state index in [2.05, 4.69) is 5.32 Å². The van der Waals surface area contributed by atoms with Gasteiger partial charge in [0.25, 0.3) is 5.69 Å². The first-order valence-corrected chi connectivity index (χ1v) is 11.4. The number of anilines is 1. The molecule has 1 fully saturated rings. The zero-order valence-electron chi connectivity index (χ0n) is 19.4. The molecule has 1 atom stereocenters. The number of amidine groups is 1. The minimum absolute atomic E-state index is 0.0340. The average molecular weight is 487 g/mol. The molecule has 0 radical (unpaired) electrons. The predicted octanol–water partition coefficient (Wildman–Crippen LogP) is 3.83. The van der Waals surface area contributed by atoms with Crippen molar-refractivity contribution in [3.8, 4) is 5.75 Å². The van der Waals surface area contributed by atoms with Gasteiger partial charge in [-0.3, -0.25) is 24.6 Å². The van der Waals surface area contributed by atoms with Crippen LogP contribution in [-0.4, -0.2) is 59.4 Å². The van der Waals surface area contributed by atoms with Crippen LogP contribution >= 0.6 is 11.8 Å². The second-order valence-electron chi connectivity index (χ2n) is 7.67. The molecule has 10 nitrogen and oxygen atoms in total. The van der Waals surface area contributed by atoms with Crippen molar-refractivity contribution < 1.29 is 24.0 Å². The molecule has 1 heterocycles. The fourth-order valence-corrected chi connectivity index (χ4v) is 4.50. The van der Waals surface area contributed by atoms with Gasteiger partial charge < -0.3 is 14.8 Å². The molecule has 2 aromatic rings. The highest BCUT2D eigenvalue weighted by molar-refractivity contribution is 8.15. The summed E-state index contributed by atoms with van der Waals surface area (Å²) in [7, 11) is 2.94. The van der Waals surface area contributed by atoms with Crippen LogP contribution in [0.15, 0.2) is 41.4 Å². The van der Waals surface area contributed by atoms with Gasteiger partial charge in [0.1, 0.15) is 16.7 Å². The molecule has 2 aromatic carbocycles. The van der Waals surface area contributed by atoms with E-state index in [-0.39, 0.29) is 23.7 Å². The summed E-state index contributed by atoms with van der Waals surface area (Å²) in [6, 6.07) is 10.0. The minimum atomic E-state index is -0.710. The van der Waals surface area contributed by atoms with E-state index in [9.17, 15) is 19.7 Å². The van der Waals surface area contributed by atoms with Crippen LogP contribution in [0.5, 0.6) is 5.75 Å². The van der Waals surface area contributed by atoms with Crippen LogP contribution in [0.3, 0.4) is 0 Å². The van der Waals surface area contributed by atoms with Crippen LogP contribution in [-0.2, 0) is 14.3 Å². The Kier molecular flexibility index (Phi) is 8.24. The van der Waals surface area contributed by atoms with Gasteiger partial charge in [-0.2, -0.15) is 0 Å². The van der Waals surface area contributed by atoms with Crippen molar-refractivity contribution in [3.63, 3.8) is 0 Å². The highest BCUT2D eigenvalue weighted by Gasteiger charge is 2.39. The third-order valence-corrected chi connectivity index (χ3v) is 6.34. The van der Waals surface area contributed by atoms with Gasteiger partial charge in [-0.1, -0.05) is 23.9 Å². The normalized spacial score (nSPS) is 16.7. The maximum atomic E-state index is 13.1. The number of benzene rings is 2. The zero-order chi connectivity index (χ0) is 24.8. The molecule has 0 aromatic heterocycles. The van der Waals surface area contributed by atoms with Gasteiger partial charge in [-0.05, 0) is 43.2 Å². The van der Waals surface area contributed by atoms with Gasteiger partial charge in [-0.15, -0.1) is 0 Å². The number of thioether (sulfide) groups is 1. The molecule has 0 spiro atoms. The van der Waals surface area contributed by atoms with E-state index in [4.69, 9.17) is 14.5 Å². The van der Waals surface area contributed by atoms with Crippen LogP contribution in [0.25, 0.3) is 0 Å². The molecule has 1 aliphatic rings. The Morgan fingerprint density at radius 2 is 2.00 bits per heavy atom. The number of aryl methyl sites for hydroxylation is 2. The highest BCUT2D eigenvalue weighted by Crippen LogP contribution is 2.34. The molecule has 1 aliphatic heterocycles. The summed E-state index contributed by atoms with van der Waals surface area (Å²) in [4.78, 5) is 42.8. The van der Waals surface area contributed by atoms with E-state index in [0.717, 1.165) is 16.8 Å². The molecular formula is C23H26N4O6S. The van der Waals surface area contributed by atoms with Crippen molar-refractivity contribution >= 4 is 45.8 Å². The smallest absolute Gasteiger partial charge is 0.296 e. The maximum Gasteiger partial charge on any atom is 0.296 e. The van der Waals surface area contributed by atoms with E-state index in [1.54, 1.807) is 7.11 Å². The number of methoxy groups -OCH3 is 2. The molecule has 1 unspecified atom stereocenters. The van der Waals surface area contributed by atoms with Crippen LogP contribution in [0, 0.1) is 24.0 Å². The lowest BCUT2D eigenvalue weighted by atomic mass is 10.1. The zero-order valence-corrected chi connectivity index (χ0v) is 20.2. The number of nitrogens with zero attached hydrogens (tertiary/aromatic N) is 3. The van der Waals surface area contributed by atoms with Crippen molar-refractivity contribution in [2.45, 2.75) is 25.5 Å². The molecule has 11 heteroatoms. The van der Waals surface area contributed by atoms with Gasteiger partial charge in [0.05, 0.1) is 36.9 Å². The Morgan fingerprint density at radius 3 is 2.68 bits per heavy atom. The number of carbonyl (C=O) groups excluding carboxylic acids is 2. The number of nitrogens with one attached hydrogen (secondary N) is 1. The van der Waals surface area contributed by atoms with E-state index < -0.39 is 16.1 Å². The first-order chi connectivity index (χ1) is 16.2. The number of ether oxygens (including phenoxy) is 2. The Hall–Kier alpha value is -3.44. The summed E-state index contributed by atoms with van der Waals surface area (Å²) in [6.45, 7) is 4.51. The standard InChI is InChI=1S/C23H26N4O6S/c1-14-5-6-15(2)18(11-14)25-23-26(9-10-32-3)22(29)20(34-23)13-21(28)24-17-8-7-16(33-4)12-19(17)27(30)31/h5-8,11-12,20H,9-10,13H2,1-4H3,(H,24,28). The fraction of sp³-hybridized carbons (Fsp3) is 0.348. The third kappa shape index (κ3) is 5.91. The second-order valence-corrected chi connectivity index (χ2v) is 8.84. The number of nitro groups is 1. The summed E-state index contributed by atoms with van der Waals surface area (Å²) < 4.78 is 10.1. The Labute approximate surface area is 201 Å². The van der Waals surface area contributed by atoms with Crippen molar-refractivity contribution in [2.24, 2.45) is 4.99 Å². The number of hydrogen-bond acceptors (Lipinski definition) is 8. The molecule has 1 saturated heterocycles. The molecule has 34 heavy (non-hydrogen) atoms. The average Bonchev–Trinajstić information content (AvgIpc) is 3.08. The van der Waals surface area contributed by atoms with E-state index in [1.807, 2.05) is 32.0 Å². The van der Waals surface area contributed by atoms with Gasteiger partial charge in [0.15, 0.2) is 5.17 Å². The van der Waals surface area contributed by atoms with Crippen LogP contribution in [0.1, 0.15) is 17.5 Å². The summed E-state index contributed by atoms with van der Waals surface area (Å²) >= 11 is 1.20. The summed E-state index contributed by atoms with van der Waals surface area (Å²) in [5, 5.41) is 13.7. The molecular weight excluding hydrogens is 460 g/mol. The number of carbonyl (C=O) groups is 2. The molecule has 3 rings (SSSR count). The summed E-state index contributed by atoms with van der Waals surface area (Å²) in [5.41, 5.74) is 2.49. The van der Waals surface area contributed by atoms with E-state index >= 15 is 0 Å². The quantitative estimate of drug-likeness (QED) is 0.422. The van der Waals surface area contributed by atoms with Crippen LogP contribution < -0.4 is 10.1 Å². The second kappa shape index (κ2) is 11.1. The number of hydrogen-bond donors (Lipinski definition) is 1.